The molecule has 1 aliphatic carbocycles. The predicted octanol–water partition coefficient (Wildman–Crippen LogP) is 3.26. The van der Waals surface area contributed by atoms with Crippen molar-refractivity contribution in [3.8, 4) is 0 Å². The van der Waals surface area contributed by atoms with Gasteiger partial charge in [0.15, 0.2) is 0 Å². The van der Waals surface area contributed by atoms with Crippen LogP contribution in [0.1, 0.15) is 27.2 Å². The fourth-order valence-electron chi connectivity index (χ4n) is 1.29. The van der Waals surface area contributed by atoms with E-state index in [-0.39, 0.29) is 0 Å². The van der Waals surface area contributed by atoms with Gasteiger partial charge in [-0.15, -0.1) is 0 Å². The lowest BCUT2D eigenvalue weighted by atomic mass is 10.1. The normalized spacial score (nSPS) is 18.4. The van der Waals surface area contributed by atoms with Crippen LogP contribution in [0.25, 0.3) is 0 Å². The lowest BCUT2D eigenvalue weighted by molar-refractivity contribution is 1.24. The van der Waals surface area contributed by atoms with Crippen LogP contribution in [0.15, 0.2) is 40.6 Å². The number of hydrogen-bond donors (Lipinski definition) is 0. The minimum absolute atomic E-state index is 1.08. The standard InChI is InChI=1S/C11H15N/c1-4-8-12-10(3)11-7-5-6-9(11)2/h4-5,7-8H,6H2,1-3H3/b8-4-,12-10?. The predicted molar refractivity (Wildman–Crippen MR) is 54.4 cm³/mol. The Hall–Kier alpha value is -1.11. The second kappa shape index (κ2) is 4.05. The zero-order chi connectivity index (χ0) is 8.97. The first kappa shape index (κ1) is 8.98. The number of rotatable bonds is 2. The van der Waals surface area contributed by atoms with Gasteiger partial charge in [0.25, 0.3) is 0 Å². The Labute approximate surface area is 74.2 Å². The fourth-order valence-corrected chi connectivity index (χ4v) is 1.29. The largest absolute Gasteiger partial charge is 0.261 e. The molecule has 0 aromatic rings. The van der Waals surface area contributed by atoms with E-state index in [9.17, 15) is 0 Å². The molecule has 0 amide bonds. The van der Waals surface area contributed by atoms with Crippen molar-refractivity contribution in [2.75, 3.05) is 0 Å². The molecular formula is C11H15N. The maximum atomic E-state index is 4.30. The summed E-state index contributed by atoms with van der Waals surface area (Å²) >= 11 is 0. The number of allylic oxidation sites excluding steroid dienone is 5. The molecule has 0 aromatic heterocycles. The van der Waals surface area contributed by atoms with E-state index >= 15 is 0 Å². The van der Waals surface area contributed by atoms with Crippen LogP contribution >= 0.6 is 0 Å². The van der Waals surface area contributed by atoms with Gasteiger partial charge in [-0.2, -0.15) is 0 Å². The van der Waals surface area contributed by atoms with E-state index in [0.29, 0.717) is 0 Å². The third-order valence-corrected chi connectivity index (χ3v) is 1.98. The Morgan fingerprint density at radius 2 is 2.33 bits per heavy atom. The Kier molecular flexibility index (Phi) is 3.03. The van der Waals surface area contributed by atoms with Gasteiger partial charge in [0.05, 0.1) is 0 Å². The molecule has 0 fully saturated rings. The van der Waals surface area contributed by atoms with Gasteiger partial charge >= 0.3 is 0 Å². The van der Waals surface area contributed by atoms with Crippen LogP contribution in [0.2, 0.25) is 0 Å². The Balaban J connectivity index is 2.83. The molecule has 0 heterocycles. The fraction of sp³-hybridized carbons (Fsp3) is 0.364. The van der Waals surface area contributed by atoms with Gasteiger partial charge in [-0.3, -0.25) is 4.99 Å². The highest BCUT2D eigenvalue weighted by molar-refractivity contribution is 6.02. The molecule has 0 atom stereocenters. The maximum absolute atomic E-state index is 4.30. The summed E-state index contributed by atoms with van der Waals surface area (Å²) in [5, 5.41) is 0. The first-order valence-corrected chi connectivity index (χ1v) is 4.28. The van der Waals surface area contributed by atoms with Crippen molar-refractivity contribution in [3.05, 3.63) is 35.6 Å². The van der Waals surface area contributed by atoms with E-state index in [4.69, 9.17) is 0 Å². The maximum Gasteiger partial charge on any atom is 0.0444 e. The molecule has 0 radical (unpaired) electrons. The van der Waals surface area contributed by atoms with Crippen molar-refractivity contribution >= 4 is 5.71 Å². The van der Waals surface area contributed by atoms with Gasteiger partial charge in [0, 0.05) is 11.9 Å². The van der Waals surface area contributed by atoms with Crippen LogP contribution < -0.4 is 0 Å². The molecule has 0 aromatic carbocycles. The van der Waals surface area contributed by atoms with Crippen LogP contribution in [0.3, 0.4) is 0 Å². The summed E-state index contributed by atoms with van der Waals surface area (Å²) in [6, 6.07) is 0. The second-order valence-electron chi connectivity index (χ2n) is 3.00. The average molecular weight is 161 g/mol. The highest BCUT2D eigenvalue weighted by Gasteiger charge is 2.06. The Morgan fingerprint density at radius 3 is 2.83 bits per heavy atom. The summed E-state index contributed by atoms with van der Waals surface area (Å²) in [5.41, 5.74) is 3.83. The third-order valence-electron chi connectivity index (χ3n) is 1.98. The van der Waals surface area contributed by atoms with E-state index in [2.05, 4.69) is 31.0 Å². The molecule has 1 rings (SSSR count). The van der Waals surface area contributed by atoms with E-state index < -0.39 is 0 Å². The SMILES string of the molecule is C/C=C\N=C(C)C1=C(C)CC=C1. The summed E-state index contributed by atoms with van der Waals surface area (Å²) in [6.45, 7) is 6.18. The molecule has 12 heavy (non-hydrogen) atoms. The molecule has 0 N–H and O–H groups in total. The lowest BCUT2D eigenvalue weighted by Gasteiger charge is -1.99. The molecule has 0 spiro atoms. The monoisotopic (exact) mass is 161 g/mol. The van der Waals surface area contributed by atoms with Gasteiger partial charge in [-0.25, -0.2) is 0 Å². The van der Waals surface area contributed by atoms with Crippen molar-refractivity contribution in [2.24, 2.45) is 4.99 Å². The van der Waals surface area contributed by atoms with Crippen molar-refractivity contribution < 1.29 is 0 Å². The molecule has 1 aliphatic rings. The summed E-state index contributed by atoms with van der Waals surface area (Å²) < 4.78 is 0. The van der Waals surface area contributed by atoms with Gasteiger partial charge in [0.2, 0.25) is 0 Å². The van der Waals surface area contributed by atoms with Crippen LogP contribution in [-0.4, -0.2) is 5.71 Å². The molecule has 0 bridgehead atoms. The molecule has 1 heteroatoms. The zero-order valence-corrected chi connectivity index (χ0v) is 7.96. The van der Waals surface area contributed by atoms with Crippen molar-refractivity contribution in [2.45, 2.75) is 27.2 Å². The zero-order valence-electron chi connectivity index (χ0n) is 7.96. The van der Waals surface area contributed by atoms with Crippen LogP contribution in [0.5, 0.6) is 0 Å². The third kappa shape index (κ3) is 1.94. The van der Waals surface area contributed by atoms with Crippen molar-refractivity contribution in [3.63, 3.8) is 0 Å². The molecule has 64 valence electrons. The number of nitrogens with zero attached hydrogens (tertiary/aromatic N) is 1. The number of aliphatic imine (C=N–C) groups is 1. The Morgan fingerprint density at radius 1 is 1.58 bits per heavy atom. The second-order valence-corrected chi connectivity index (χ2v) is 3.00. The minimum atomic E-state index is 1.08. The van der Waals surface area contributed by atoms with Gasteiger partial charge in [-0.1, -0.05) is 23.8 Å². The van der Waals surface area contributed by atoms with Crippen molar-refractivity contribution in [1.82, 2.24) is 0 Å². The topological polar surface area (TPSA) is 12.4 Å². The summed E-state index contributed by atoms with van der Waals surface area (Å²) in [7, 11) is 0. The molecule has 1 nitrogen and oxygen atoms in total. The molecule has 0 saturated heterocycles. The number of hydrogen-bond acceptors (Lipinski definition) is 1. The molecular weight excluding hydrogens is 146 g/mol. The van der Waals surface area contributed by atoms with Gasteiger partial charge in [-0.05, 0) is 32.8 Å². The summed E-state index contributed by atoms with van der Waals surface area (Å²) in [5.74, 6) is 0. The Bertz CT molecular complexity index is 277. The van der Waals surface area contributed by atoms with E-state index in [1.54, 1.807) is 0 Å². The van der Waals surface area contributed by atoms with E-state index in [0.717, 1.165) is 12.1 Å². The van der Waals surface area contributed by atoms with E-state index in [1.807, 2.05) is 19.2 Å². The molecule has 0 aliphatic heterocycles. The first-order chi connectivity index (χ1) is 5.75. The molecule has 0 saturated carbocycles. The van der Waals surface area contributed by atoms with Crippen molar-refractivity contribution in [1.29, 1.82) is 0 Å². The molecule has 0 unspecified atom stereocenters. The highest BCUT2D eigenvalue weighted by atomic mass is 14.7. The lowest BCUT2D eigenvalue weighted by Crippen LogP contribution is -1.93. The smallest absolute Gasteiger partial charge is 0.0444 e. The summed E-state index contributed by atoms with van der Waals surface area (Å²) in [4.78, 5) is 4.30. The van der Waals surface area contributed by atoms with Crippen LogP contribution in [0, 0.1) is 0 Å². The van der Waals surface area contributed by atoms with Crippen LogP contribution in [0.4, 0.5) is 0 Å². The quantitative estimate of drug-likeness (QED) is 0.551. The van der Waals surface area contributed by atoms with Gasteiger partial charge in [0.1, 0.15) is 0 Å². The van der Waals surface area contributed by atoms with E-state index in [1.165, 1.54) is 11.1 Å². The van der Waals surface area contributed by atoms with Crippen LogP contribution in [-0.2, 0) is 0 Å². The summed E-state index contributed by atoms with van der Waals surface area (Å²) in [6.07, 6.45) is 9.19. The van der Waals surface area contributed by atoms with Gasteiger partial charge < -0.3 is 0 Å². The average Bonchev–Trinajstić information content (AvgIpc) is 2.47. The highest BCUT2D eigenvalue weighted by Crippen LogP contribution is 2.19. The minimum Gasteiger partial charge on any atom is -0.261 e. The first-order valence-electron chi connectivity index (χ1n) is 4.28.